The van der Waals surface area contributed by atoms with Crippen molar-refractivity contribution in [2.75, 3.05) is 7.11 Å². The number of Topliss-reactive ketones (excluding diaryl/α,β-unsaturated/α-hetero) is 1. The fourth-order valence-electron chi connectivity index (χ4n) is 3.83. The van der Waals surface area contributed by atoms with E-state index in [1.54, 1.807) is 7.11 Å². The van der Waals surface area contributed by atoms with E-state index in [1.165, 1.54) is 22.3 Å². The van der Waals surface area contributed by atoms with Gasteiger partial charge >= 0.3 is 0 Å². The quantitative estimate of drug-likeness (QED) is 0.609. The van der Waals surface area contributed by atoms with Crippen molar-refractivity contribution >= 4 is 5.78 Å². The molecule has 1 aliphatic rings. The summed E-state index contributed by atoms with van der Waals surface area (Å²) in [5, 5.41) is 0. The lowest BCUT2D eigenvalue weighted by Crippen LogP contribution is -2.60. The van der Waals surface area contributed by atoms with Crippen LogP contribution < -0.4 is 0 Å². The number of carbonyl (C=O) groups is 1. The lowest BCUT2D eigenvalue weighted by Gasteiger charge is -2.45. The van der Waals surface area contributed by atoms with E-state index in [1.807, 2.05) is 6.92 Å². The van der Waals surface area contributed by atoms with Gasteiger partial charge in [0, 0.05) is 13.5 Å². The Hall–Kier alpha value is -1.19. The molecule has 0 N–H and O–H groups in total. The molecule has 0 aromatic heterocycles. The van der Waals surface area contributed by atoms with Gasteiger partial charge in [-0.2, -0.15) is 0 Å². The van der Waals surface area contributed by atoms with Crippen LogP contribution >= 0.6 is 0 Å². The van der Waals surface area contributed by atoms with E-state index in [9.17, 15) is 4.79 Å². The Kier molecular flexibility index (Phi) is 6.35. The fraction of sp³-hybridized carbons (Fsp3) is 0.696. The highest BCUT2D eigenvalue weighted by molar-refractivity contribution is 5.94. The van der Waals surface area contributed by atoms with Crippen LogP contribution in [0.2, 0.25) is 0 Å². The van der Waals surface area contributed by atoms with Crippen molar-refractivity contribution < 1.29 is 14.3 Å². The average molecular weight is 361 g/mol. The highest BCUT2D eigenvalue weighted by Crippen LogP contribution is 2.41. The molecule has 1 saturated carbocycles. The van der Waals surface area contributed by atoms with E-state index in [0.29, 0.717) is 24.2 Å². The first-order valence-electron chi connectivity index (χ1n) is 9.94. The van der Waals surface area contributed by atoms with Gasteiger partial charge in [0.25, 0.3) is 0 Å². The standard InChI is InChI=1S/C23H36O3/c1-13(2)17-10-18(14(3)4)22(19(11-17)15(5)6)16(7)26-21-12-20(24)23(21,8)25-9/h10-11,13-16,21H,12H2,1-9H3/t16-,21-,23-/m0/s1. The zero-order valence-corrected chi connectivity index (χ0v) is 18.0. The highest BCUT2D eigenvalue weighted by atomic mass is 16.6. The van der Waals surface area contributed by atoms with E-state index < -0.39 is 5.60 Å². The van der Waals surface area contributed by atoms with Gasteiger partial charge in [0.1, 0.15) is 11.7 Å². The number of hydrogen-bond acceptors (Lipinski definition) is 3. The number of rotatable bonds is 7. The minimum Gasteiger partial charge on any atom is -0.368 e. The summed E-state index contributed by atoms with van der Waals surface area (Å²) in [7, 11) is 1.59. The molecular weight excluding hydrogens is 324 g/mol. The molecule has 26 heavy (non-hydrogen) atoms. The maximum absolute atomic E-state index is 12.0. The van der Waals surface area contributed by atoms with Crippen molar-refractivity contribution in [3.8, 4) is 0 Å². The molecule has 0 bridgehead atoms. The van der Waals surface area contributed by atoms with Crippen LogP contribution in [0, 0.1) is 0 Å². The second-order valence-corrected chi connectivity index (χ2v) is 8.78. The van der Waals surface area contributed by atoms with Crippen LogP contribution in [0.1, 0.15) is 108 Å². The zero-order chi connectivity index (χ0) is 19.8. The number of methoxy groups -OCH3 is 1. The van der Waals surface area contributed by atoms with Crippen molar-refractivity contribution in [1.82, 2.24) is 0 Å². The lowest BCUT2D eigenvalue weighted by atomic mass is 9.76. The zero-order valence-electron chi connectivity index (χ0n) is 18.0. The third kappa shape index (κ3) is 3.75. The molecule has 3 heteroatoms. The predicted molar refractivity (Wildman–Crippen MR) is 107 cm³/mol. The van der Waals surface area contributed by atoms with E-state index in [-0.39, 0.29) is 18.0 Å². The van der Waals surface area contributed by atoms with E-state index in [2.05, 4.69) is 60.6 Å². The van der Waals surface area contributed by atoms with Crippen LogP contribution in [0.15, 0.2) is 12.1 Å². The van der Waals surface area contributed by atoms with Gasteiger partial charge in [0.2, 0.25) is 0 Å². The summed E-state index contributed by atoms with van der Waals surface area (Å²) in [6.07, 6.45) is 0.186. The average Bonchev–Trinajstić information content (AvgIpc) is 2.58. The van der Waals surface area contributed by atoms with E-state index in [0.717, 1.165) is 0 Å². The van der Waals surface area contributed by atoms with Crippen LogP contribution in [0.4, 0.5) is 0 Å². The van der Waals surface area contributed by atoms with Crippen LogP contribution in [0.5, 0.6) is 0 Å². The monoisotopic (exact) mass is 360 g/mol. The predicted octanol–water partition coefficient (Wildman–Crippen LogP) is 5.88. The number of ether oxygens (including phenoxy) is 2. The molecule has 0 aliphatic heterocycles. The summed E-state index contributed by atoms with van der Waals surface area (Å²) < 4.78 is 11.9. The van der Waals surface area contributed by atoms with Crippen LogP contribution in [-0.2, 0) is 14.3 Å². The third-order valence-corrected chi connectivity index (χ3v) is 5.91. The first-order valence-corrected chi connectivity index (χ1v) is 9.94. The Morgan fingerprint density at radius 1 is 0.962 bits per heavy atom. The van der Waals surface area contributed by atoms with Gasteiger partial charge in [0.15, 0.2) is 5.78 Å². The van der Waals surface area contributed by atoms with Crippen molar-refractivity contribution in [1.29, 1.82) is 0 Å². The van der Waals surface area contributed by atoms with Crippen molar-refractivity contribution in [3.63, 3.8) is 0 Å². The van der Waals surface area contributed by atoms with Crippen molar-refractivity contribution in [2.45, 2.75) is 97.4 Å². The first kappa shape index (κ1) is 21.1. The van der Waals surface area contributed by atoms with Gasteiger partial charge in [-0.05, 0) is 53.9 Å². The van der Waals surface area contributed by atoms with Crippen LogP contribution in [-0.4, -0.2) is 24.6 Å². The molecule has 1 aliphatic carbocycles. The molecule has 0 unspecified atom stereocenters. The second kappa shape index (κ2) is 7.82. The highest BCUT2D eigenvalue weighted by Gasteiger charge is 2.53. The Morgan fingerprint density at radius 2 is 1.46 bits per heavy atom. The maximum atomic E-state index is 12.0. The maximum Gasteiger partial charge on any atom is 0.169 e. The molecule has 3 atom stereocenters. The molecule has 1 fully saturated rings. The van der Waals surface area contributed by atoms with Gasteiger partial charge < -0.3 is 9.47 Å². The summed E-state index contributed by atoms with van der Waals surface area (Å²) in [4.78, 5) is 12.0. The van der Waals surface area contributed by atoms with Gasteiger partial charge in [-0.15, -0.1) is 0 Å². The third-order valence-electron chi connectivity index (χ3n) is 5.91. The molecular formula is C23H36O3. The molecule has 0 saturated heterocycles. The number of carbonyl (C=O) groups excluding carboxylic acids is 1. The summed E-state index contributed by atoms with van der Waals surface area (Å²) in [5.41, 5.74) is 4.59. The summed E-state index contributed by atoms with van der Waals surface area (Å²) >= 11 is 0. The molecule has 0 spiro atoms. The summed E-state index contributed by atoms with van der Waals surface area (Å²) in [6.45, 7) is 17.4. The summed E-state index contributed by atoms with van der Waals surface area (Å²) in [5.74, 6) is 1.46. The second-order valence-electron chi connectivity index (χ2n) is 8.78. The molecule has 1 aromatic carbocycles. The Balaban J connectivity index is 2.45. The van der Waals surface area contributed by atoms with Crippen molar-refractivity contribution in [3.05, 3.63) is 34.4 Å². The number of benzene rings is 1. The van der Waals surface area contributed by atoms with Crippen LogP contribution in [0.25, 0.3) is 0 Å². The molecule has 146 valence electrons. The summed E-state index contributed by atoms with van der Waals surface area (Å²) in [6, 6.07) is 4.69. The van der Waals surface area contributed by atoms with Gasteiger partial charge in [-0.25, -0.2) is 0 Å². The normalized spacial score (nSPS) is 24.5. The number of ketones is 1. The van der Waals surface area contributed by atoms with Gasteiger partial charge in [0.05, 0.1) is 6.10 Å². The largest absolute Gasteiger partial charge is 0.368 e. The molecule has 1 aromatic rings. The molecule has 0 amide bonds. The fourth-order valence-corrected chi connectivity index (χ4v) is 3.83. The lowest BCUT2D eigenvalue weighted by molar-refractivity contribution is -0.197. The molecule has 0 radical (unpaired) electrons. The molecule has 0 heterocycles. The molecule has 3 nitrogen and oxygen atoms in total. The molecule has 2 rings (SSSR count). The van der Waals surface area contributed by atoms with Gasteiger partial charge in [-0.3, -0.25) is 4.79 Å². The van der Waals surface area contributed by atoms with Crippen molar-refractivity contribution in [2.24, 2.45) is 0 Å². The Morgan fingerprint density at radius 3 is 1.81 bits per heavy atom. The van der Waals surface area contributed by atoms with E-state index >= 15 is 0 Å². The van der Waals surface area contributed by atoms with Crippen LogP contribution in [0.3, 0.4) is 0 Å². The Labute approximate surface area is 159 Å². The van der Waals surface area contributed by atoms with E-state index in [4.69, 9.17) is 9.47 Å². The topological polar surface area (TPSA) is 35.5 Å². The van der Waals surface area contributed by atoms with Gasteiger partial charge in [-0.1, -0.05) is 53.7 Å². The minimum atomic E-state index is -0.803. The first-order chi connectivity index (χ1) is 12.0. The smallest absolute Gasteiger partial charge is 0.169 e. The SMILES string of the molecule is CO[C@@]1(C)C(=O)C[C@@H]1O[C@@H](C)c1c(C(C)C)cc(C(C)C)cc1C(C)C. The minimum absolute atomic E-state index is 0.0708. The Bertz CT molecular complexity index is 630. The number of hydrogen-bond donors (Lipinski definition) is 0.